The lowest BCUT2D eigenvalue weighted by Crippen LogP contribution is -2.52. The maximum atomic E-state index is 12.6. The fraction of sp³-hybridized carbons (Fsp3) is 0.346. The summed E-state index contributed by atoms with van der Waals surface area (Å²) in [5.74, 6) is 0.133. The number of methoxy groups -OCH3 is 1. The largest absolute Gasteiger partial charge is 0.495 e. The molecule has 1 aliphatic heterocycles. The van der Waals surface area contributed by atoms with Crippen molar-refractivity contribution in [2.75, 3.05) is 20.2 Å². The second kappa shape index (κ2) is 8.40. The number of aliphatic hydroxyl groups excluding tert-OH is 1. The van der Waals surface area contributed by atoms with Gasteiger partial charge in [0.2, 0.25) is 0 Å². The van der Waals surface area contributed by atoms with Crippen LogP contribution in [0.25, 0.3) is 0 Å². The van der Waals surface area contributed by atoms with E-state index in [1.807, 2.05) is 61.5 Å². The molecule has 172 valence electrons. The van der Waals surface area contributed by atoms with E-state index in [2.05, 4.69) is 26.2 Å². The first-order chi connectivity index (χ1) is 16.0. The zero-order valence-corrected chi connectivity index (χ0v) is 20.1. The molecule has 2 aromatic carbocycles. The molecule has 1 saturated carbocycles. The fourth-order valence-corrected chi connectivity index (χ4v) is 6.03. The number of hydrogen-bond donors (Lipinski definition) is 3. The molecule has 33 heavy (non-hydrogen) atoms. The van der Waals surface area contributed by atoms with E-state index in [9.17, 15) is 10.2 Å². The first-order valence-corrected chi connectivity index (χ1v) is 11.9. The van der Waals surface area contributed by atoms with E-state index in [0.29, 0.717) is 23.6 Å². The molecule has 1 aromatic heterocycles. The summed E-state index contributed by atoms with van der Waals surface area (Å²) in [6, 6.07) is 17.7. The highest BCUT2D eigenvalue weighted by Crippen LogP contribution is 2.69. The van der Waals surface area contributed by atoms with Crippen molar-refractivity contribution in [2.24, 2.45) is 5.92 Å². The van der Waals surface area contributed by atoms with Gasteiger partial charge in [0.1, 0.15) is 11.5 Å². The highest BCUT2D eigenvalue weighted by atomic mass is 79.9. The van der Waals surface area contributed by atoms with Crippen LogP contribution in [0.3, 0.4) is 0 Å². The minimum absolute atomic E-state index is 0.327. The molecule has 3 N–H and O–H groups in total. The number of ether oxygens (including phenoxy) is 2. The molecule has 5 atom stereocenters. The minimum Gasteiger partial charge on any atom is -0.495 e. The summed E-state index contributed by atoms with van der Waals surface area (Å²) in [6.45, 7) is 3.29. The van der Waals surface area contributed by atoms with Crippen LogP contribution in [0.4, 0.5) is 0 Å². The van der Waals surface area contributed by atoms with E-state index in [4.69, 9.17) is 9.47 Å². The lowest BCUT2D eigenvalue weighted by Gasteiger charge is -2.41. The third kappa shape index (κ3) is 3.06. The molecule has 5 rings (SSSR count). The second-order valence-electron chi connectivity index (χ2n) is 8.63. The second-order valence-corrected chi connectivity index (χ2v) is 9.55. The smallest absolute Gasteiger partial charge is 0.177 e. The molecular weight excluding hydrogens is 484 g/mol. The summed E-state index contributed by atoms with van der Waals surface area (Å²) in [5, 5.41) is 27.9. The molecule has 2 heterocycles. The zero-order valence-electron chi connectivity index (χ0n) is 18.5. The van der Waals surface area contributed by atoms with Crippen LogP contribution in [0.1, 0.15) is 29.5 Å². The number of halogens is 1. The molecule has 1 fully saturated rings. The van der Waals surface area contributed by atoms with Crippen molar-refractivity contribution in [3.63, 3.8) is 0 Å². The van der Waals surface area contributed by atoms with Crippen molar-refractivity contribution >= 4 is 15.9 Å². The molecule has 0 radical (unpaired) electrons. The van der Waals surface area contributed by atoms with Crippen LogP contribution in [0.15, 0.2) is 71.5 Å². The van der Waals surface area contributed by atoms with Gasteiger partial charge < -0.3 is 25.0 Å². The van der Waals surface area contributed by atoms with Crippen LogP contribution in [0.5, 0.6) is 11.5 Å². The number of aliphatic hydroxyl groups is 2. The SMILES string of the molecule is CCNCC1C(O)C2(O)c3c(OC)cncc3OC2(c2ccc(Br)cc2)C1c1ccccc1. The number of nitrogens with zero attached hydrogens (tertiary/aromatic N) is 1. The number of nitrogens with one attached hydrogen (secondary N) is 1. The van der Waals surface area contributed by atoms with Gasteiger partial charge in [0, 0.05) is 22.9 Å². The van der Waals surface area contributed by atoms with Gasteiger partial charge in [0.05, 0.1) is 31.2 Å². The molecule has 3 aromatic rings. The third-order valence-corrected chi connectivity index (χ3v) is 7.60. The van der Waals surface area contributed by atoms with Gasteiger partial charge in [-0.2, -0.15) is 0 Å². The molecule has 5 unspecified atom stereocenters. The van der Waals surface area contributed by atoms with E-state index in [1.54, 1.807) is 12.4 Å². The van der Waals surface area contributed by atoms with Gasteiger partial charge in [0.15, 0.2) is 11.2 Å². The molecule has 0 spiro atoms. The predicted molar refractivity (Wildman–Crippen MR) is 128 cm³/mol. The minimum atomic E-state index is -1.76. The van der Waals surface area contributed by atoms with Crippen LogP contribution in [-0.2, 0) is 11.2 Å². The maximum absolute atomic E-state index is 12.6. The predicted octanol–water partition coefficient (Wildman–Crippen LogP) is 3.71. The van der Waals surface area contributed by atoms with Crippen LogP contribution in [0, 0.1) is 5.92 Å². The Balaban J connectivity index is 1.83. The highest BCUT2D eigenvalue weighted by molar-refractivity contribution is 9.10. The standard InChI is InChI=1S/C26H27BrN2O4/c1-3-28-13-19-22(16-7-5-4-6-8-16)26(17-9-11-18(27)12-10-17)25(31,24(19)30)23-20(32-2)14-29-15-21(23)33-26/h4-12,14-15,19,22,24,28,30-31H,3,13H2,1-2H3. The van der Waals surface area contributed by atoms with Crippen LogP contribution in [-0.4, -0.2) is 41.5 Å². The Morgan fingerprint density at radius 2 is 1.85 bits per heavy atom. The molecule has 7 heteroatoms. The third-order valence-electron chi connectivity index (χ3n) is 7.08. The first-order valence-electron chi connectivity index (χ1n) is 11.1. The molecule has 2 aliphatic rings. The fourth-order valence-electron chi connectivity index (χ4n) is 5.77. The average Bonchev–Trinajstić information content (AvgIpc) is 3.21. The van der Waals surface area contributed by atoms with Gasteiger partial charge >= 0.3 is 0 Å². The number of hydrogen-bond acceptors (Lipinski definition) is 6. The summed E-state index contributed by atoms with van der Waals surface area (Å²) in [6.07, 6.45) is 2.02. The molecule has 0 bridgehead atoms. The number of rotatable bonds is 6. The Kier molecular flexibility index (Phi) is 5.69. The molecule has 6 nitrogen and oxygen atoms in total. The zero-order chi connectivity index (χ0) is 23.2. The Hall–Kier alpha value is -2.45. The molecular formula is C26H27BrN2O4. The van der Waals surface area contributed by atoms with Crippen molar-refractivity contribution in [1.82, 2.24) is 10.3 Å². The Morgan fingerprint density at radius 1 is 1.12 bits per heavy atom. The van der Waals surface area contributed by atoms with Gasteiger partial charge in [0.25, 0.3) is 0 Å². The van der Waals surface area contributed by atoms with Crippen molar-refractivity contribution in [3.05, 3.63) is 88.2 Å². The van der Waals surface area contributed by atoms with E-state index in [0.717, 1.165) is 22.1 Å². The van der Waals surface area contributed by atoms with Gasteiger partial charge in [-0.3, -0.25) is 4.98 Å². The Labute approximate surface area is 201 Å². The average molecular weight is 511 g/mol. The van der Waals surface area contributed by atoms with Gasteiger partial charge in [-0.05, 0) is 29.8 Å². The Bertz CT molecular complexity index is 1140. The van der Waals surface area contributed by atoms with Gasteiger partial charge in [-0.25, -0.2) is 0 Å². The van der Waals surface area contributed by atoms with E-state index in [-0.39, 0.29) is 11.8 Å². The topological polar surface area (TPSA) is 83.8 Å². The summed E-state index contributed by atoms with van der Waals surface area (Å²) in [4.78, 5) is 4.25. The van der Waals surface area contributed by atoms with Gasteiger partial charge in [-0.15, -0.1) is 0 Å². The van der Waals surface area contributed by atoms with E-state index in [1.165, 1.54) is 7.11 Å². The highest BCUT2D eigenvalue weighted by Gasteiger charge is 2.76. The summed E-state index contributed by atoms with van der Waals surface area (Å²) in [7, 11) is 1.53. The summed E-state index contributed by atoms with van der Waals surface area (Å²) in [5.41, 5.74) is -0.843. The van der Waals surface area contributed by atoms with E-state index >= 15 is 0 Å². The maximum Gasteiger partial charge on any atom is 0.177 e. The summed E-state index contributed by atoms with van der Waals surface area (Å²) < 4.78 is 13.3. The van der Waals surface area contributed by atoms with Crippen molar-refractivity contribution in [1.29, 1.82) is 0 Å². The number of benzene rings is 2. The lowest BCUT2D eigenvalue weighted by atomic mass is 9.70. The van der Waals surface area contributed by atoms with Crippen molar-refractivity contribution in [3.8, 4) is 11.5 Å². The number of fused-ring (bicyclic) bond motifs is 3. The lowest BCUT2D eigenvalue weighted by molar-refractivity contribution is -0.152. The van der Waals surface area contributed by atoms with Crippen molar-refractivity contribution in [2.45, 2.75) is 30.1 Å². The van der Waals surface area contributed by atoms with Gasteiger partial charge in [-0.1, -0.05) is 65.3 Å². The number of pyridine rings is 1. The number of aromatic nitrogens is 1. The summed E-state index contributed by atoms with van der Waals surface area (Å²) >= 11 is 3.51. The quantitative estimate of drug-likeness (QED) is 0.468. The molecule has 1 aliphatic carbocycles. The van der Waals surface area contributed by atoms with Crippen LogP contribution < -0.4 is 14.8 Å². The van der Waals surface area contributed by atoms with Crippen LogP contribution in [0.2, 0.25) is 0 Å². The molecule has 0 amide bonds. The first kappa shape index (κ1) is 22.3. The monoisotopic (exact) mass is 510 g/mol. The van der Waals surface area contributed by atoms with Crippen LogP contribution >= 0.6 is 15.9 Å². The van der Waals surface area contributed by atoms with E-state index < -0.39 is 17.3 Å². The Morgan fingerprint density at radius 3 is 2.52 bits per heavy atom. The van der Waals surface area contributed by atoms with Crippen molar-refractivity contribution < 1.29 is 19.7 Å². The molecule has 0 saturated heterocycles. The normalized spacial score (nSPS) is 29.9.